The minimum atomic E-state index is -0.0786. The summed E-state index contributed by atoms with van der Waals surface area (Å²) in [6.45, 7) is 5.78. The number of fused-ring (bicyclic) bond motifs is 1. The van der Waals surface area contributed by atoms with E-state index >= 15 is 0 Å². The molecular weight excluding hydrogens is 246 g/mol. The normalized spacial score (nSPS) is 15.9. The number of aryl methyl sites for hydroxylation is 1. The summed E-state index contributed by atoms with van der Waals surface area (Å²) >= 11 is 0. The molecule has 0 fully saturated rings. The van der Waals surface area contributed by atoms with Gasteiger partial charge in [0.1, 0.15) is 0 Å². The molecule has 0 N–H and O–H groups in total. The van der Waals surface area contributed by atoms with E-state index < -0.39 is 0 Å². The highest BCUT2D eigenvalue weighted by atomic mass is 16.1. The van der Waals surface area contributed by atoms with Gasteiger partial charge in [-0.3, -0.25) is 9.69 Å². The molecule has 102 valence electrons. The van der Waals surface area contributed by atoms with E-state index in [2.05, 4.69) is 29.2 Å². The summed E-state index contributed by atoms with van der Waals surface area (Å²) < 4.78 is 0. The zero-order chi connectivity index (χ0) is 14.1. The fraction of sp³-hybridized carbons (Fsp3) is 0.278. The van der Waals surface area contributed by atoms with E-state index in [-0.39, 0.29) is 11.8 Å². The van der Waals surface area contributed by atoms with Gasteiger partial charge in [0.05, 0.1) is 6.04 Å². The van der Waals surface area contributed by atoms with Gasteiger partial charge in [0.2, 0.25) is 0 Å². The standard InChI is InChI=1S/C18H19NO/c1-13-7-9-15(10-8-13)18(20)14(2)19-11-16-5-3-4-6-17(16)12-19/h3-10,14H,11-12H2,1-2H3. The number of hydrogen-bond donors (Lipinski definition) is 0. The second-order valence-corrected chi connectivity index (χ2v) is 5.58. The highest BCUT2D eigenvalue weighted by Gasteiger charge is 2.27. The van der Waals surface area contributed by atoms with E-state index in [1.165, 1.54) is 16.7 Å². The third kappa shape index (κ3) is 2.39. The predicted octanol–water partition coefficient (Wildman–Crippen LogP) is 3.58. The van der Waals surface area contributed by atoms with Crippen molar-refractivity contribution in [1.29, 1.82) is 0 Å². The monoisotopic (exact) mass is 265 g/mol. The number of nitrogens with zero attached hydrogens (tertiary/aromatic N) is 1. The molecule has 0 amide bonds. The summed E-state index contributed by atoms with van der Waals surface area (Å²) in [6.07, 6.45) is 0. The Labute approximate surface area is 120 Å². The van der Waals surface area contributed by atoms with Crippen molar-refractivity contribution < 1.29 is 4.79 Å². The molecule has 2 nitrogen and oxygen atoms in total. The van der Waals surface area contributed by atoms with Crippen LogP contribution < -0.4 is 0 Å². The zero-order valence-electron chi connectivity index (χ0n) is 12.0. The Bertz CT molecular complexity index is 605. The van der Waals surface area contributed by atoms with Crippen molar-refractivity contribution >= 4 is 5.78 Å². The molecule has 0 aromatic heterocycles. The van der Waals surface area contributed by atoms with Crippen molar-refractivity contribution in [2.24, 2.45) is 0 Å². The van der Waals surface area contributed by atoms with Crippen LogP contribution in [0.4, 0.5) is 0 Å². The number of Topliss-reactive ketones (excluding diaryl/α,β-unsaturated/α-hetero) is 1. The SMILES string of the molecule is Cc1ccc(C(=O)C(C)N2Cc3ccccc3C2)cc1. The molecule has 0 saturated heterocycles. The van der Waals surface area contributed by atoms with Gasteiger partial charge in [-0.1, -0.05) is 54.1 Å². The fourth-order valence-electron chi connectivity index (χ4n) is 2.76. The molecule has 2 aromatic carbocycles. The number of hydrogen-bond acceptors (Lipinski definition) is 2. The highest BCUT2D eigenvalue weighted by Crippen LogP contribution is 2.25. The van der Waals surface area contributed by atoms with E-state index in [1.54, 1.807) is 0 Å². The van der Waals surface area contributed by atoms with Crippen LogP contribution in [-0.2, 0) is 13.1 Å². The van der Waals surface area contributed by atoms with Crippen LogP contribution >= 0.6 is 0 Å². The Morgan fingerprint density at radius 1 is 1.00 bits per heavy atom. The molecule has 0 aliphatic carbocycles. The van der Waals surface area contributed by atoms with Crippen LogP contribution in [0.3, 0.4) is 0 Å². The minimum Gasteiger partial charge on any atom is -0.292 e. The Balaban J connectivity index is 1.76. The smallest absolute Gasteiger partial charge is 0.179 e. The number of carbonyl (C=O) groups is 1. The third-order valence-corrected chi connectivity index (χ3v) is 4.13. The highest BCUT2D eigenvalue weighted by molar-refractivity contribution is 5.99. The van der Waals surface area contributed by atoms with Gasteiger partial charge in [-0.25, -0.2) is 0 Å². The largest absolute Gasteiger partial charge is 0.292 e. The van der Waals surface area contributed by atoms with Crippen molar-refractivity contribution in [2.45, 2.75) is 33.0 Å². The average Bonchev–Trinajstić information content (AvgIpc) is 2.90. The molecule has 20 heavy (non-hydrogen) atoms. The molecule has 0 spiro atoms. The number of benzene rings is 2. The molecule has 1 aliphatic rings. The lowest BCUT2D eigenvalue weighted by molar-refractivity contribution is 0.0835. The first-order valence-electron chi connectivity index (χ1n) is 7.07. The van der Waals surface area contributed by atoms with E-state index in [0.717, 1.165) is 18.7 Å². The summed E-state index contributed by atoms with van der Waals surface area (Å²) in [5.41, 5.74) is 4.67. The zero-order valence-corrected chi connectivity index (χ0v) is 12.0. The Morgan fingerprint density at radius 3 is 2.10 bits per heavy atom. The van der Waals surface area contributed by atoms with Crippen molar-refractivity contribution in [1.82, 2.24) is 4.90 Å². The van der Waals surface area contributed by atoms with E-state index in [4.69, 9.17) is 0 Å². The van der Waals surface area contributed by atoms with Crippen LogP contribution in [0, 0.1) is 6.92 Å². The van der Waals surface area contributed by atoms with Gasteiger partial charge in [-0.2, -0.15) is 0 Å². The maximum atomic E-state index is 12.6. The van der Waals surface area contributed by atoms with Gasteiger partial charge in [0.25, 0.3) is 0 Å². The molecule has 0 saturated carbocycles. The van der Waals surface area contributed by atoms with Gasteiger partial charge in [-0.05, 0) is 25.0 Å². The lowest BCUT2D eigenvalue weighted by atomic mass is 10.0. The molecule has 0 radical (unpaired) electrons. The van der Waals surface area contributed by atoms with E-state index in [1.807, 2.05) is 38.1 Å². The van der Waals surface area contributed by atoms with Gasteiger partial charge in [0, 0.05) is 18.7 Å². The molecule has 2 heteroatoms. The molecule has 0 bridgehead atoms. The van der Waals surface area contributed by atoms with Gasteiger partial charge in [0.15, 0.2) is 5.78 Å². The van der Waals surface area contributed by atoms with E-state index in [9.17, 15) is 4.79 Å². The average molecular weight is 265 g/mol. The predicted molar refractivity (Wildman–Crippen MR) is 80.7 cm³/mol. The summed E-state index contributed by atoms with van der Waals surface area (Å²) in [6, 6.07) is 16.2. The topological polar surface area (TPSA) is 20.3 Å². The Morgan fingerprint density at radius 2 is 1.55 bits per heavy atom. The quantitative estimate of drug-likeness (QED) is 0.791. The van der Waals surface area contributed by atoms with Crippen LogP contribution in [0.1, 0.15) is 34.0 Å². The van der Waals surface area contributed by atoms with Gasteiger partial charge >= 0.3 is 0 Å². The van der Waals surface area contributed by atoms with Crippen LogP contribution in [0.2, 0.25) is 0 Å². The summed E-state index contributed by atoms with van der Waals surface area (Å²) in [5, 5.41) is 0. The second kappa shape index (κ2) is 5.22. The molecule has 1 heterocycles. The summed E-state index contributed by atoms with van der Waals surface area (Å²) in [5.74, 6) is 0.206. The third-order valence-electron chi connectivity index (χ3n) is 4.13. The first-order chi connectivity index (χ1) is 9.65. The molecule has 1 atom stereocenters. The lowest BCUT2D eigenvalue weighted by Crippen LogP contribution is -2.35. The fourth-order valence-corrected chi connectivity index (χ4v) is 2.76. The molecule has 1 unspecified atom stereocenters. The van der Waals surface area contributed by atoms with Crippen molar-refractivity contribution in [3.05, 3.63) is 70.8 Å². The number of rotatable bonds is 3. The number of carbonyl (C=O) groups excluding carboxylic acids is 1. The first-order valence-corrected chi connectivity index (χ1v) is 7.07. The minimum absolute atomic E-state index is 0.0786. The Kier molecular flexibility index (Phi) is 3.41. The second-order valence-electron chi connectivity index (χ2n) is 5.58. The maximum absolute atomic E-state index is 12.6. The van der Waals surface area contributed by atoms with Crippen LogP contribution in [0.25, 0.3) is 0 Å². The van der Waals surface area contributed by atoms with Crippen molar-refractivity contribution in [3.63, 3.8) is 0 Å². The Hall–Kier alpha value is -1.93. The van der Waals surface area contributed by atoms with Crippen molar-refractivity contribution in [3.8, 4) is 0 Å². The first kappa shape index (κ1) is 13.1. The molecule has 2 aromatic rings. The van der Waals surface area contributed by atoms with E-state index in [0.29, 0.717) is 0 Å². The van der Waals surface area contributed by atoms with Gasteiger partial charge < -0.3 is 0 Å². The van der Waals surface area contributed by atoms with Crippen LogP contribution in [-0.4, -0.2) is 16.7 Å². The van der Waals surface area contributed by atoms with Gasteiger partial charge in [-0.15, -0.1) is 0 Å². The van der Waals surface area contributed by atoms with Crippen LogP contribution in [0.5, 0.6) is 0 Å². The van der Waals surface area contributed by atoms with Crippen molar-refractivity contribution in [2.75, 3.05) is 0 Å². The molecule has 3 rings (SSSR count). The van der Waals surface area contributed by atoms with Crippen LogP contribution in [0.15, 0.2) is 48.5 Å². The lowest BCUT2D eigenvalue weighted by Gasteiger charge is -2.22. The maximum Gasteiger partial charge on any atom is 0.179 e. The molecular formula is C18H19NO. The number of ketones is 1. The molecule has 1 aliphatic heterocycles. The summed E-state index contributed by atoms with van der Waals surface area (Å²) in [4.78, 5) is 14.8. The summed E-state index contributed by atoms with van der Waals surface area (Å²) in [7, 11) is 0.